The van der Waals surface area contributed by atoms with E-state index in [-0.39, 0.29) is 17.9 Å². The summed E-state index contributed by atoms with van der Waals surface area (Å²) in [7, 11) is 1.63. The second-order valence-electron chi connectivity index (χ2n) is 8.89. The molecule has 0 saturated heterocycles. The quantitative estimate of drug-likeness (QED) is 0.518. The number of rotatable bonds is 8. The molecule has 0 aliphatic heterocycles. The van der Waals surface area contributed by atoms with Gasteiger partial charge in [0.15, 0.2) is 0 Å². The number of ether oxygens (including phenoxy) is 1. The molecule has 1 unspecified atom stereocenters. The third kappa shape index (κ3) is 5.99. The normalized spacial score (nSPS) is 19.0. The highest BCUT2D eigenvalue weighted by molar-refractivity contribution is 5.79. The van der Waals surface area contributed by atoms with Crippen LogP contribution in [0.5, 0.6) is 5.88 Å². The lowest BCUT2D eigenvalue weighted by molar-refractivity contribution is -0.127. The van der Waals surface area contributed by atoms with E-state index >= 15 is 0 Å². The van der Waals surface area contributed by atoms with Crippen LogP contribution in [-0.4, -0.2) is 24.5 Å². The van der Waals surface area contributed by atoms with Gasteiger partial charge < -0.3 is 15.8 Å². The van der Waals surface area contributed by atoms with Gasteiger partial charge in [-0.3, -0.25) is 4.79 Å². The monoisotopic (exact) mass is 443 g/mol. The van der Waals surface area contributed by atoms with Crippen LogP contribution in [0.4, 0.5) is 0 Å². The lowest BCUT2D eigenvalue weighted by Gasteiger charge is -2.29. The first-order valence-electron chi connectivity index (χ1n) is 11.8. The van der Waals surface area contributed by atoms with Crippen LogP contribution in [0, 0.1) is 11.8 Å². The number of carbonyl (C=O) groups is 1. The summed E-state index contributed by atoms with van der Waals surface area (Å²) in [6.45, 7) is 0.709. The molecule has 1 fully saturated rings. The number of nitrogens with one attached hydrogen (secondary N) is 1. The van der Waals surface area contributed by atoms with Crippen LogP contribution in [-0.2, 0) is 11.2 Å². The number of pyridine rings is 1. The van der Waals surface area contributed by atoms with Crippen molar-refractivity contribution in [3.8, 4) is 17.0 Å². The molecule has 2 aromatic carbocycles. The molecular weight excluding hydrogens is 410 g/mol. The first kappa shape index (κ1) is 23.0. The Kier molecular flexibility index (Phi) is 7.74. The number of methoxy groups -OCH3 is 1. The van der Waals surface area contributed by atoms with Gasteiger partial charge in [-0.25, -0.2) is 4.98 Å². The molecule has 5 heteroatoms. The largest absolute Gasteiger partial charge is 0.481 e. The van der Waals surface area contributed by atoms with Gasteiger partial charge in [0.2, 0.25) is 11.8 Å². The lowest BCUT2D eigenvalue weighted by atomic mass is 9.81. The molecule has 3 N–H and O–H groups in total. The van der Waals surface area contributed by atoms with E-state index in [9.17, 15) is 4.79 Å². The number of carbonyl (C=O) groups excluding carboxylic acids is 1. The average Bonchev–Trinajstić information content (AvgIpc) is 2.89. The Hall–Kier alpha value is -3.18. The van der Waals surface area contributed by atoms with Gasteiger partial charge in [-0.1, -0.05) is 60.7 Å². The molecule has 33 heavy (non-hydrogen) atoms. The second kappa shape index (κ2) is 11.1. The van der Waals surface area contributed by atoms with Gasteiger partial charge >= 0.3 is 0 Å². The van der Waals surface area contributed by atoms with Crippen molar-refractivity contribution in [1.29, 1.82) is 0 Å². The first-order chi connectivity index (χ1) is 16.2. The Morgan fingerprint density at radius 3 is 2.30 bits per heavy atom. The predicted molar refractivity (Wildman–Crippen MR) is 132 cm³/mol. The minimum Gasteiger partial charge on any atom is -0.481 e. The van der Waals surface area contributed by atoms with E-state index in [2.05, 4.69) is 35.6 Å². The van der Waals surface area contributed by atoms with Crippen LogP contribution in [0.15, 0.2) is 72.8 Å². The van der Waals surface area contributed by atoms with Crippen molar-refractivity contribution in [1.82, 2.24) is 10.3 Å². The van der Waals surface area contributed by atoms with Gasteiger partial charge in [0.1, 0.15) is 0 Å². The standard InChI is InChI=1S/C28H33N3O2/c1-33-27-18-24(22-10-6-3-7-11-22)17-26(30-27)25(16-20-8-4-2-5-9-20)31-28(32)23-14-12-21(19-29)13-15-23/h2-11,17-18,21,23,25H,12-16,19,29H2,1H3,(H,31,32)/t21-,23-,25?. The predicted octanol–water partition coefficient (Wildman–Crippen LogP) is 4.92. The maximum Gasteiger partial charge on any atom is 0.223 e. The summed E-state index contributed by atoms with van der Waals surface area (Å²) in [4.78, 5) is 18.0. The molecule has 1 aromatic heterocycles. The number of hydrogen-bond donors (Lipinski definition) is 2. The Labute approximate surface area is 196 Å². The maximum atomic E-state index is 13.3. The van der Waals surface area contributed by atoms with E-state index in [1.54, 1.807) is 7.11 Å². The summed E-state index contributed by atoms with van der Waals surface area (Å²) in [5.74, 6) is 1.23. The molecule has 0 radical (unpaired) electrons. The fourth-order valence-electron chi connectivity index (χ4n) is 4.64. The van der Waals surface area contributed by atoms with Crippen molar-refractivity contribution in [3.63, 3.8) is 0 Å². The number of amides is 1. The third-order valence-corrected chi connectivity index (χ3v) is 6.64. The van der Waals surface area contributed by atoms with Gasteiger partial charge in [0.05, 0.1) is 18.8 Å². The summed E-state index contributed by atoms with van der Waals surface area (Å²) < 4.78 is 5.53. The van der Waals surface area contributed by atoms with Crippen LogP contribution in [0.3, 0.4) is 0 Å². The summed E-state index contributed by atoms with van der Waals surface area (Å²) in [6.07, 6.45) is 4.50. The molecule has 172 valence electrons. The van der Waals surface area contributed by atoms with Crippen LogP contribution in [0.1, 0.15) is 43.0 Å². The van der Waals surface area contributed by atoms with Crippen molar-refractivity contribution in [2.24, 2.45) is 17.6 Å². The van der Waals surface area contributed by atoms with E-state index in [4.69, 9.17) is 15.5 Å². The molecule has 3 aromatic rings. The van der Waals surface area contributed by atoms with Gasteiger partial charge in [-0.2, -0.15) is 0 Å². The fraction of sp³-hybridized carbons (Fsp3) is 0.357. The topological polar surface area (TPSA) is 77.2 Å². The number of nitrogens with zero attached hydrogens (tertiary/aromatic N) is 1. The van der Waals surface area contributed by atoms with E-state index < -0.39 is 0 Å². The Morgan fingerprint density at radius 2 is 1.67 bits per heavy atom. The smallest absolute Gasteiger partial charge is 0.223 e. The molecule has 1 aliphatic carbocycles. The summed E-state index contributed by atoms with van der Waals surface area (Å²) >= 11 is 0. The first-order valence-corrected chi connectivity index (χ1v) is 11.8. The highest BCUT2D eigenvalue weighted by Crippen LogP contribution is 2.31. The third-order valence-electron chi connectivity index (χ3n) is 6.64. The summed E-state index contributed by atoms with van der Waals surface area (Å²) in [6, 6.07) is 24.2. The van der Waals surface area contributed by atoms with Gasteiger partial charge in [-0.15, -0.1) is 0 Å². The van der Waals surface area contributed by atoms with E-state index in [1.165, 1.54) is 0 Å². The molecule has 0 spiro atoms. The van der Waals surface area contributed by atoms with Crippen molar-refractivity contribution in [2.75, 3.05) is 13.7 Å². The number of aromatic nitrogens is 1. The molecule has 1 amide bonds. The minimum absolute atomic E-state index is 0.0327. The van der Waals surface area contributed by atoms with Crippen LogP contribution in [0.2, 0.25) is 0 Å². The Bertz CT molecular complexity index is 1030. The molecule has 1 atom stereocenters. The zero-order valence-corrected chi connectivity index (χ0v) is 19.2. The van der Waals surface area contributed by atoms with Crippen LogP contribution in [0.25, 0.3) is 11.1 Å². The molecule has 5 nitrogen and oxygen atoms in total. The number of hydrogen-bond acceptors (Lipinski definition) is 4. The zero-order valence-electron chi connectivity index (χ0n) is 19.2. The molecule has 0 bridgehead atoms. The van der Waals surface area contributed by atoms with Crippen molar-refractivity contribution in [2.45, 2.75) is 38.1 Å². The summed E-state index contributed by atoms with van der Waals surface area (Å²) in [5, 5.41) is 3.33. The van der Waals surface area contributed by atoms with E-state index in [0.29, 0.717) is 24.8 Å². The van der Waals surface area contributed by atoms with E-state index in [1.807, 2.05) is 42.5 Å². The second-order valence-corrected chi connectivity index (χ2v) is 8.89. The van der Waals surface area contributed by atoms with Gasteiger partial charge in [0.25, 0.3) is 0 Å². The summed E-state index contributed by atoms with van der Waals surface area (Å²) in [5.41, 5.74) is 9.90. The minimum atomic E-state index is -0.246. The Balaban J connectivity index is 1.62. The van der Waals surface area contributed by atoms with Crippen molar-refractivity contribution in [3.05, 3.63) is 84.1 Å². The fourth-order valence-corrected chi connectivity index (χ4v) is 4.64. The molecular formula is C28H33N3O2. The number of nitrogens with two attached hydrogens (primary N) is 1. The van der Waals surface area contributed by atoms with Gasteiger partial charge in [-0.05, 0) is 67.3 Å². The SMILES string of the molecule is COc1cc(-c2ccccc2)cc(C(Cc2ccccc2)NC(=O)[C@H]2CC[C@H](CN)CC2)n1. The lowest BCUT2D eigenvalue weighted by Crippen LogP contribution is -2.37. The zero-order chi connectivity index (χ0) is 23.0. The van der Waals surface area contributed by atoms with Crippen molar-refractivity contribution < 1.29 is 9.53 Å². The maximum absolute atomic E-state index is 13.3. The molecule has 1 aliphatic rings. The highest BCUT2D eigenvalue weighted by atomic mass is 16.5. The molecule has 4 rings (SSSR count). The number of benzene rings is 2. The van der Waals surface area contributed by atoms with Crippen LogP contribution >= 0.6 is 0 Å². The molecule has 1 saturated carbocycles. The molecule has 1 heterocycles. The van der Waals surface area contributed by atoms with Crippen molar-refractivity contribution >= 4 is 5.91 Å². The highest BCUT2D eigenvalue weighted by Gasteiger charge is 2.28. The Morgan fingerprint density at radius 1 is 1.00 bits per heavy atom. The van der Waals surface area contributed by atoms with E-state index in [0.717, 1.165) is 48.1 Å². The average molecular weight is 444 g/mol. The van der Waals surface area contributed by atoms with Gasteiger partial charge in [0, 0.05) is 12.0 Å². The van der Waals surface area contributed by atoms with Crippen LogP contribution < -0.4 is 15.8 Å².